The zero-order valence-corrected chi connectivity index (χ0v) is 14.9. The zero-order valence-electron chi connectivity index (χ0n) is 14.9. The van der Waals surface area contributed by atoms with E-state index < -0.39 is 0 Å². The summed E-state index contributed by atoms with van der Waals surface area (Å²) in [5.41, 5.74) is 8.47. The summed E-state index contributed by atoms with van der Waals surface area (Å²) in [5, 5.41) is 0. The summed E-state index contributed by atoms with van der Waals surface area (Å²) in [6.45, 7) is 6.12. The van der Waals surface area contributed by atoms with Crippen LogP contribution >= 0.6 is 0 Å². The van der Waals surface area contributed by atoms with E-state index in [-0.39, 0.29) is 0 Å². The summed E-state index contributed by atoms with van der Waals surface area (Å²) in [7, 11) is 0. The van der Waals surface area contributed by atoms with Gasteiger partial charge in [-0.3, -0.25) is 0 Å². The number of aromatic nitrogens is 2. The van der Waals surface area contributed by atoms with Crippen molar-refractivity contribution in [3.8, 4) is 0 Å². The van der Waals surface area contributed by atoms with Gasteiger partial charge in [0, 0.05) is 38.2 Å². The first-order valence-corrected chi connectivity index (χ1v) is 9.17. The Hall–Kier alpha value is -2.38. The first-order chi connectivity index (χ1) is 12.8. The van der Waals surface area contributed by atoms with E-state index in [0.29, 0.717) is 32.4 Å². The van der Waals surface area contributed by atoms with Crippen LogP contribution in [0.25, 0.3) is 0 Å². The summed E-state index contributed by atoms with van der Waals surface area (Å²) in [5.74, 6) is 2.20. The molecule has 26 heavy (non-hydrogen) atoms. The average Bonchev–Trinajstić information content (AvgIpc) is 2.71. The smallest absolute Gasteiger partial charge is 0.223 e. The molecule has 4 rings (SSSR count). The van der Waals surface area contributed by atoms with E-state index in [1.165, 1.54) is 5.56 Å². The molecule has 7 heteroatoms. The Kier molecular flexibility index (Phi) is 5.17. The van der Waals surface area contributed by atoms with Crippen LogP contribution in [0.1, 0.15) is 11.1 Å². The van der Waals surface area contributed by atoms with Crippen LogP contribution in [0, 0.1) is 0 Å². The molecule has 2 saturated heterocycles. The summed E-state index contributed by atoms with van der Waals surface area (Å²) in [6, 6.07) is 10.5. The van der Waals surface area contributed by atoms with Crippen LogP contribution in [0.5, 0.6) is 0 Å². The lowest BCUT2D eigenvalue weighted by molar-refractivity contribution is 0.121. The summed E-state index contributed by atoms with van der Waals surface area (Å²) in [6.07, 6.45) is 0.778. The van der Waals surface area contributed by atoms with Crippen molar-refractivity contribution in [3.05, 3.63) is 41.5 Å². The summed E-state index contributed by atoms with van der Waals surface area (Å²) >= 11 is 0. The lowest BCUT2D eigenvalue weighted by Gasteiger charge is -2.34. The van der Waals surface area contributed by atoms with Gasteiger partial charge in [0.2, 0.25) is 5.95 Å². The molecule has 0 bridgehead atoms. The van der Waals surface area contributed by atoms with E-state index in [1.54, 1.807) is 0 Å². The molecule has 138 valence electrons. The normalized spacial score (nSPS) is 18.2. The Labute approximate surface area is 153 Å². The molecule has 2 aliphatic heterocycles. The minimum Gasteiger partial charge on any atom is -0.378 e. The zero-order chi connectivity index (χ0) is 17.8. The van der Waals surface area contributed by atoms with E-state index in [9.17, 15) is 0 Å². The second-order valence-corrected chi connectivity index (χ2v) is 6.57. The SMILES string of the molecule is Nc1nc(N2CCOCC2)c(Cc2ccccc2)c(N2CCOCC2)n1. The Morgan fingerprint density at radius 1 is 0.808 bits per heavy atom. The van der Waals surface area contributed by atoms with E-state index >= 15 is 0 Å². The number of hydrogen-bond acceptors (Lipinski definition) is 7. The molecule has 1 aromatic heterocycles. The van der Waals surface area contributed by atoms with E-state index in [4.69, 9.17) is 15.2 Å². The average molecular weight is 355 g/mol. The van der Waals surface area contributed by atoms with Gasteiger partial charge in [0.15, 0.2) is 0 Å². The maximum Gasteiger partial charge on any atom is 0.223 e. The molecule has 0 radical (unpaired) electrons. The predicted octanol–water partition coefficient (Wildman–Crippen LogP) is 1.32. The van der Waals surface area contributed by atoms with Gasteiger partial charge in [-0.2, -0.15) is 9.97 Å². The number of ether oxygens (including phenoxy) is 2. The molecule has 0 amide bonds. The van der Waals surface area contributed by atoms with Gasteiger partial charge < -0.3 is 25.0 Å². The van der Waals surface area contributed by atoms with Gasteiger partial charge in [-0.05, 0) is 5.56 Å². The molecule has 0 aliphatic carbocycles. The maximum atomic E-state index is 6.10. The highest BCUT2D eigenvalue weighted by Gasteiger charge is 2.25. The largest absolute Gasteiger partial charge is 0.378 e. The van der Waals surface area contributed by atoms with Crippen molar-refractivity contribution in [2.24, 2.45) is 0 Å². The van der Waals surface area contributed by atoms with E-state index in [1.807, 2.05) is 6.07 Å². The third-order valence-corrected chi connectivity index (χ3v) is 4.83. The van der Waals surface area contributed by atoms with Crippen molar-refractivity contribution in [1.82, 2.24) is 9.97 Å². The van der Waals surface area contributed by atoms with Crippen LogP contribution in [0.15, 0.2) is 30.3 Å². The van der Waals surface area contributed by atoms with Crippen molar-refractivity contribution in [3.63, 3.8) is 0 Å². The van der Waals surface area contributed by atoms with Crippen LogP contribution in [-0.4, -0.2) is 62.6 Å². The molecule has 3 heterocycles. The van der Waals surface area contributed by atoms with Gasteiger partial charge in [-0.15, -0.1) is 0 Å². The fourth-order valence-electron chi connectivity index (χ4n) is 3.51. The maximum absolute atomic E-state index is 6.10. The highest BCUT2D eigenvalue weighted by Crippen LogP contribution is 2.31. The molecule has 2 N–H and O–H groups in total. The minimum absolute atomic E-state index is 0.324. The van der Waals surface area contributed by atoms with Gasteiger partial charge in [0.25, 0.3) is 0 Å². The van der Waals surface area contributed by atoms with Crippen molar-refractivity contribution in [2.75, 3.05) is 68.1 Å². The number of nitrogens with two attached hydrogens (primary N) is 1. The van der Waals surface area contributed by atoms with Crippen molar-refractivity contribution in [1.29, 1.82) is 0 Å². The number of anilines is 3. The molecular formula is C19H25N5O2. The van der Waals surface area contributed by atoms with Crippen molar-refractivity contribution >= 4 is 17.6 Å². The Morgan fingerprint density at radius 2 is 1.31 bits per heavy atom. The van der Waals surface area contributed by atoms with Gasteiger partial charge >= 0.3 is 0 Å². The third kappa shape index (κ3) is 3.73. The van der Waals surface area contributed by atoms with E-state index in [2.05, 4.69) is 44.0 Å². The highest BCUT2D eigenvalue weighted by atomic mass is 16.5. The summed E-state index contributed by atoms with van der Waals surface area (Å²) in [4.78, 5) is 13.8. The standard InChI is InChI=1S/C19H25N5O2/c20-19-21-17(23-6-10-25-11-7-23)16(14-15-4-2-1-3-5-15)18(22-19)24-8-12-26-13-9-24/h1-5H,6-14H2,(H2,20,21,22). The first-order valence-electron chi connectivity index (χ1n) is 9.17. The monoisotopic (exact) mass is 355 g/mol. The molecule has 7 nitrogen and oxygen atoms in total. The quantitative estimate of drug-likeness (QED) is 0.886. The highest BCUT2D eigenvalue weighted by molar-refractivity contribution is 5.64. The molecule has 2 aromatic rings. The van der Waals surface area contributed by atoms with Crippen LogP contribution in [0.3, 0.4) is 0 Å². The molecular weight excluding hydrogens is 330 g/mol. The van der Waals surface area contributed by atoms with Gasteiger partial charge in [-0.25, -0.2) is 0 Å². The lowest BCUT2D eigenvalue weighted by atomic mass is 10.0. The van der Waals surface area contributed by atoms with Crippen molar-refractivity contribution < 1.29 is 9.47 Å². The Bertz CT molecular complexity index is 689. The van der Waals surface area contributed by atoms with Gasteiger partial charge in [0.1, 0.15) is 11.6 Å². The van der Waals surface area contributed by atoms with Crippen LogP contribution in [0.4, 0.5) is 17.6 Å². The fourth-order valence-corrected chi connectivity index (χ4v) is 3.51. The number of rotatable bonds is 4. The molecule has 0 unspecified atom stereocenters. The van der Waals surface area contributed by atoms with E-state index in [0.717, 1.165) is 49.8 Å². The molecule has 0 atom stereocenters. The second-order valence-electron chi connectivity index (χ2n) is 6.57. The summed E-state index contributed by atoms with van der Waals surface area (Å²) < 4.78 is 11.0. The Morgan fingerprint density at radius 3 is 1.81 bits per heavy atom. The topological polar surface area (TPSA) is 76.7 Å². The number of nitrogens with zero attached hydrogens (tertiary/aromatic N) is 4. The Balaban J connectivity index is 1.76. The number of hydrogen-bond donors (Lipinski definition) is 1. The predicted molar refractivity (Wildman–Crippen MR) is 102 cm³/mol. The second kappa shape index (κ2) is 7.88. The minimum atomic E-state index is 0.324. The number of nitrogen functional groups attached to an aromatic ring is 1. The lowest BCUT2D eigenvalue weighted by Crippen LogP contribution is -2.40. The van der Waals surface area contributed by atoms with Crippen molar-refractivity contribution in [2.45, 2.75) is 6.42 Å². The molecule has 2 fully saturated rings. The first kappa shape index (κ1) is 17.1. The molecule has 0 saturated carbocycles. The van der Waals surface area contributed by atoms with Gasteiger partial charge in [-0.1, -0.05) is 30.3 Å². The van der Waals surface area contributed by atoms with Crippen LogP contribution < -0.4 is 15.5 Å². The number of benzene rings is 1. The fraction of sp³-hybridized carbons (Fsp3) is 0.474. The van der Waals surface area contributed by atoms with Crippen LogP contribution in [-0.2, 0) is 15.9 Å². The molecule has 0 spiro atoms. The third-order valence-electron chi connectivity index (χ3n) is 4.83. The van der Waals surface area contributed by atoms with Crippen LogP contribution in [0.2, 0.25) is 0 Å². The molecule has 1 aromatic carbocycles. The number of morpholine rings is 2. The molecule has 2 aliphatic rings. The van der Waals surface area contributed by atoms with Gasteiger partial charge in [0.05, 0.1) is 26.4 Å².